The Kier molecular flexibility index (Phi) is 2.22. The third-order valence-corrected chi connectivity index (χ3v) is 1.95. The van der Waals surface area contributed by atoms with Crippen molar-refractivity contribution in [2.45, 2.75) is 31.7 Å². The largest absolute Gasteiger partial charge is 0.328 e. The van der Waals surface area contributed by atoms with Crippen LogP contribution in [-0.2, 0) is 4.79 Å². The molecule has 0 spiro atoms. The van der Waals surface area contributed by atoms with Crippen LogP contribution >= 0.6 is 0 Å². The fraction of sp³-hybridized carbons (Fsp3) is 0.857. The molecule has 1 fully saturated rings. The minimum atomic E-state index is 0.258. The van der Waals surface area contributed by atoms with Crippen molar-refractivity contribution in [1.82, 2.24) is 0 Å². The number of nitrogens with two attached hydrogens (primary N) is 1. The molecule has 0 aromatic carbocycles. The standard InChI is InChI=1S/C7H13NO/c8-7-3-1-2-6(4-7)5-9/h5-7H,1-4,8H2. The minimum Gasteiger partial charge on any atom is -0.328 e. The highest BCUT2D eigenvalue weighted by atomic mass is 16.1. The van der Waals surface area contributed by atoms with Crippen molar-refractivity contribution in [3.05, 3.63) is 0 Å². The topological polar surface area (TPSA) is 43.1 Å². The predicted molar refractivity (Wildman–Crippen MR) is 36.0 cm³/mol. The van der Waals surface area contributed by atoms with Gasteiger partial charge in [0.25, 0.3) is 0 Å². The fourth-order valence-corrected chi connectivity index (χ4v) is 1.39. The first-order valence-electron chi connectivity index (χ1n) is 3.54. The highest BCUT2D eigenvalue weighted by molar-refractivity contribution is 5.53. The number of rotatable bonds is 1. The SMILES string of the molecule is NC1CCCC(C=O)C1. The number of hydrogen-bond acceptors (Lipinski definition) is 2. The van der Waals surface area contributed by atoms with E-state index in [0.29, 0.717) is 0 Å². The van der Waals surface area contributed by atoms with Crippen LogP contribution < -0.4 is 5.73 Å². The van der Waals surface area contributed by atoms with E-state index in [0.717, 1.165) is 32.0 Å². The maximum Gasteiger partial charge on any atom is 0.123 e. The van der Waals surface area contributed by atoms with Gasteiger partial charge in [0, 0.05) is 12.0 Å². The highest BCUT2D eigenvalue weighted by Crippen LogP contribution is 2.20. The van der Waals surface area contributed by atoms with Gasteiger partial charge in [-0.25, -0.2) is 0 Å². The number of carbonyl (C=O) groups excluding carboxylic acids is 1. The number of hydrogen-bond donors (Lipinski definition) is 1. The van der Waals surface area contributed by atoms with Crippen molar-refractivity contribution in [2.75, 3.05) is 0 Å². The van der Waals surface area contributed by atoms with Crippen molar-refractivity contribution >= 4 is 6.29 Å². The van der Waals surface area contributed by atoms with Crippen LogP contribution in [0.1, 0.15) is 25.7 Å². The van der Waals surface area contributed by atoms with Crippen LogP contribution in [0.2, 0.25) is 0 Å². The Morgan fingerprint density at radius 3 is 2.67 bits per heavy atom. The Morgan fingerprint density at radius 1 is 1.44 bits per heavy atom. The molecule has 1 rings (SSSR count). The van der Waals surface area contributed by atoms with Gasteiger partial charge in [0.15, 0.2) is 0 Å². The maximum atomic E-state index is 10.2. The van der Waals surface area contributed by atoms with E-state index >= 15 is 0 Å². The van der Waals surface area contributed by atoms with Gasteiger partial charge in [-0.3, -0.25) is 0 Å². The summed E-state index contributed by atoms with van der Waals surface area (Å²) in [4.78, 5) is 10.2. The molecule has 0 aliphatic heterocycles. The molecule has 2 heteroatoms. The molecule has 0 bridgehead atoms. The third kappa shape index (κ3) is 1.79. The molecule has 52 valence electrons. The van der Waals surface area contributed by atoms with Crippen molar-refractivity contribution in [3.8, 4) is 0 Å². The van der Waals surface area contributed by atoms with E-state index in [1.807, 2.05) is 0 Å². The molecule has 1 aliphatic carbocycles. The Hall–Kier alpha value is -0.370. The average molecular weight is 127 g/mol. The lowest BCUT2D eigenvalue weighted by Gasteiger charge is -2.21. The van der Waals surface area contributed by atoms with E-state index in [9.17, 15) is 4.79 Å². The van der Waals surface area contributed by atoms with Crippen molar-refractivity contribution in [1.29, 1.82) is 0 Å². The van der Waals surface area contributed by atoms with Crippen molar-refractivity contribution in [2.24, 2.45) is 11.7 Å². The Labute approximate surface area is 55.4 Å². The second-order valence-corrected chi connectivity index (χ2v) is 2.82. The van der Waals surface area contributed by atoms with Gasteiger partial charge >= 0.3 is 0 Å². The lowest BCUT2D eigenvalue weighted by atomic mass is 9.87. The molecular formula is C7H13NO. The second-order valence-electron chi connectivity index (χ2n) is 2.82. The molecule has 1 aliphatic rings. The summed E-state index contributed by atoms with van der Waals surface area (Å²) < 4.78 is 0. The van der Waals surface area contributed by atoms with E-state index < -0.39 is 0 Å². The summed E-state index contributed by atoms with van der Waals surface area (Å²) in [5.74, 6) is 0.258. The summed E-state index contributed by atoms with van der Waals surface area (Å²) in [6.07, 6.45) is 5.23. The lowest BCUT2D eigenvalue weighted by Crippen LogP contribution is -2.28. The second kappa shape index (κ2) is 2.97. The van der Waals surface area contributed by atoms with E-state index in [1.54, 1.807) is 0 Å². The van der Waals surface area contributed by atoms with Gasteiger partial charge in [0.05, 0.1) is 0 Å². The van der Waals surface area contributed by atoms with Gasteiger partial charge in [0.1, 0.15) is 6.29 Å². The first kappa shape index (κ1) is 6.75. The molecule has 2 atom stereocenters. The maximum absolute atomic E-state index is 10.2. The average Bonchev–Trinajstić information content (AvgIpc) is 1.88. The van der Waals surface area contributed by atoms with Gasteiger partial charge in [-0.15, -0.1) is 0 Å². The van der Waals surface area contributed by atoms with Crippen LogP contribution in [0.15, 0.2) is 0 Å². The zero-order chi connectivity index (χ0) is 6.69. The lowest BCUT2D eigenvalue weighted by molar-refractivity contribution is -0.112. The van der Waals surface area contributed by atoms with Crippen LogP contribution in [0.5, 0.6) is 0 Å². The van der Waals surface area contributed by atoms with E-state index in [2.05, 4.69) is 0 Å². The number of carbonyl (C=O) groups is 1. The summed E-state index contributed by atoms with van der Waals surface area (Å²) in [7, 11) is 0. The Morgan fingerprint density at radius 2 is 2.22 bits per heavy atom. The zero-order valence-electron chi connectivity index (χ0n) is 5.55. The summed E-state index contributed by atoms with van der Waals surface area (Å²) in [6.45, 7) is 0. The zero-order valence-corrected chi connectivity index (χ0v) is 5.55. The van der Waals surface area contributed by atoms with Gasteiger partial charge in [0.2, 0.25) is 0 Å². The monoisotopic (exact) mass is 127 g/mol. The predicted octanol–water partition coefficient (Wildman–Crippen LogP) is 0.703. The van der Waals surface area contributed by atoms with Crippen molar-refractivity contribution in [3.63, 3.8) is 0 Å². The highest BCUT2D eigenvalue weighted by Gasteiger charge is 2.17. The first-order valence-corrected chi connectivity index (χ1v) is 3.54. The molecule has 2 unspecified atom stereocenters. The fourth-order valence-electron chi connectivity index (χ4n) is 1.39. The molecule has 0 aromatic rings. The summed E-state index contributed by atoms with van der Waals surface area (Å²) >= 11 is 0. The summed E-state index contributed by atoms with van der Waals surface area (Å²) in [5, 5.41) is 0. The molecular weight excluding hydrogens is 114 g/mol. The first-order chi connectivity index (χ1) is 4.33. The molecule has 9 heavy (non-hydrogen) atoms. The molecule has 0 aromatic heterocycles. The molecule has 2 nitrogen and oxygen atoms in total. The van der Waals surface area contributed by atoms with Gasteiger partial charge in [-0.05, 0) is 19.3 Å². The molecule has 0 heterocycles. The molecule has 2 N–H and O–H groups in total. The van der Waals surface area contributed by atoms with Crippen molar-refractivity contribution < 1.29 is 4.79 Å². The number of aldehydes is 1. The molecule has 1 saturated carbocycles. The molecule has 0 saturated heterocycles. The van der Waals surface area contributed by atoms with Gasteiger partial charge in [-0.2, -0.15) is 0 Å². The quantitative estimate of drug-likeness (QED) is 0.527. The van der Waals surface area contributed by atoms with Crippen LogP contribution in [-0.4, -0.2) is 12.3 Å². The van der Waals surface area contributed by atoms with Crippen LogP contribution in [0.3, 0.4) is 0 Å². The Bertz CT molecular complexity index is 103. The summed E-state index contributed by atoms with van der Waals surface area (Å²) in [6, 6.07) is 0.286. The minimum absolute atomic E-state index is 0.258. The Balaban J connectivity index is 2.31. The summed E-state index contributed by atoms with van der Waals surface area (Å²) in [5.41, 5.74) is 5.64. The normalized spacial score (nSPS) is 36.1. The van der Waals surface area contributed by atoms with Gasteiger partial charge in [-0.1, -0.05) is 6.42 Å². The third-order valence-electron chi connectivity index (χ3n) is 1.95. The van der Waals surface area contributed by atoms with Crippen LogP contribution in [0, 0.1) is 5.92 Å². The smallest absolute Gasteiger partial charge is 0.123 e. The molecule has 0 amide bonds. The van der Waals surface area contributed by atoms with Gasteiger partial charge < -0.3 is 10.5 Å². The van der Waals surface area contributed by atoms with E-state index in [1.165, 1.54) is 0 Å². The van der Waals surface area contributed by atoms with Crippen LogP contribution in [0.4, 0.5) is 0 Å². The van der Waals surface area contributed by atoms with Crippen LogP contribution in [0.25, 0.3) is 0 Å². The molecule has 0 radical (unpaired) electrons. The van der Waals surface area contributed by atoms with E-state index in [-0.39, 0.29) is 12.0 Å². The van der Waals surface area contributed by atoms with E-state index in [4.69, 9.17) is 5.73 Å².